The van der Waals surface area contributed by atoms with Crippen LogP contribution in [0, 0.1) is 29.5 Å². The molecule has 1 fully saturated rings. The number of alkyl halides is 2. The molecule has 2 aliphatic rings. The fraction of sp³-hybridized carbons (Fsp3) is 0.276. The number of methoxy groups -OCH3 is 1. The van der Waals surface area contributed by atoms with E-state index >= 15 is 0 Å². The SMILES string of the molecule is COCc1ncc(-c2c(C(F)F)ccc(Cl)c2F)nc1C(=O)Nc1cnn([C@@H](C)c2cnc(N3C[C@H]4C#C[C@H]4C3=O)nc2)c1. The number of carbonyl (C=O) groups excluding carboxylic acids is 2. The lowest BCUT2D eigenvalue weighted by atomic mass is 9.89. The van der Waals surface area contributed by atoms with E-state index in [0.717, 1.165) is 18.3 Å². The third kappa shape index (κ3) is 5.24. The molecular weight excluding hydrogens is 601 g/mol. The number of benzene rings is 1. The topological polar surface area (TPSA) is 128 Å². The normalized spacial score (nSPS) is 17.6. The molecule has 0 radical (unpaired) electrons. The molecule has 0 saturated carbocycles. The molecule has 1 aliphatic carbocycles. The van der Waals surface area contributed by atoms with Gasteiger partial charge in [-0.3, -0.25) is 24.2 Å². The largest absolute Gasteiger partial charge is 0.378 e. The van der Waals surface area contributed by atoms with Gasteiger partial charge >= 0.3 is 0 Å². The molecular formula is C29H22ClF3N8O3. The Hall–Kier alpha value is -4.87. The minimum atomic E-state index is -3.03. The zero-order valence-electron chi connectivity index (χ0n) is 23.1. The van der Waals surface area contributed by atoms with Crippen LogP contribution in [0.5, 0.6) is 0 Å². The van der Waals surface area contributed by atoms with Crippen molar-refractivity contribution >= 4 is 35.1 Å². The Bertz CT molecular complexity index is 1840. The Labute approximate surface area is 253 Å². The Morgan fingerprint density at radius 3 is 2.59 bits per heavy atom. The van der Waals surface area contributed by atoms with Crippen molar-refractivity contribution in [1.82, 2.24) is 29.7 Å². The molecule has 1 N–H and O–H groups in total. The summed E-state index contributed by atoms with van der Waals surface area (Å²) in [6.07, 6.45) is 4.21. The minimum Gasteiger partial charge on any atom is -0.378 e. The minimum absolute atomic E-state index is 0.0227. The number of aromatic nitrogens is 6. The van der Waals surface area contributed by atoms with E-state index in [1.165, 1.54) is 18.2 Å². The Kier molecular flexibility index (Phi) is 7.74. The van der Waals surface area contributed by atoms with Crippen LogP contribution in [0.2, 0.25) is 5.02 Å². The second kappa shape index (κ2) is 11.7. The quantitative estimate of drug-likeness (QED) is 0.271. The number of nitrogens with one attached hydrogen (secondary N) is 1. The van der Waals surface area contributed by atoms with Gasteiger partial charge in [0.05, 0.1) is 53.1 Å². The number of amides is 2. The van der Waals surface area contributed by atoms with Crippen molar-refractivity contribution in [2.75, 3.05) is 23.9 Å². The Balaban J connectivity index is 1.21. The zero-order chi connectivity index (χ0) is 31.1. The van der Waals surface area contributed by atoms with Gasteiger partial charge in [-0.25, -0.2) is 28.1 Å². The van der Waals surface area contributed by atoms with Crippen molar-refractivity contribution in [3.8, 4) is 23.1 Å². The number of anilines is 2. The molecule has 2 amide bonds. The van der Waals surface area contributed by atoms with Crippen molar-refractivity contribution < 1.29 is 27.5 Å². The van der Waals surface area contributed by atoms with E-state index in [9.17, 15) is 22.8 Å². The van der Waals surface area contributed by atoms with Gasteiger partial charge in [0.2, 0.25) is 11.9 Å². The van der Waals surface area contributed by atoms with E-state index < -0.39 is 29.3 Å². The van der Waals surface area contributed by atoms with Gasteiger partial charge in [-0.2, -0.15) is 5.10 Å². The summed E-state index contributed by atoms with van der Waals surface area (Å²) in [6.45, 7) is 2.19. The van der Waals surface area contributed by atoms with Crippen LogP contribution in [-0.2, 0) is 16.1 Å². The van der Waals surface area contributed by atoms with E-state index in [-0.39, 0.29) is 58.2 Å². The van der Waals surface area contributed by atoms with Gasteiger partial charge in [0.25, 0.3) is 12.3 Å². The van der Waals surface area contributed by atoms with Crippen LogP contribution in [0.15, 0.2) is 43.1 Å². The third-order valence-electron chi connectivity index (χ3n) is 7.34. The molecule has 1 saturated heterocycles. The van der Waals surface area contributed by atoms with Gasteiger partial charge in [0.1, 0.15) is 5.92 Å². The predicted octanol–water partition coefficient (Wildman–Crippen LogP) is 4.46. The summed E-state index contributed by atoms with van der Waals surface area (Å²) in [5.41, 5.74) is -0.674. The summed E-state index contributed by atoms with van der Waals surface area (Å²) in [4.78, 5) is 44.3. The van der Waals surface area contributed by atoms with Gasteiger partial charge in [-0.1, -0.05) is 29.5 Å². The van der Waals surface area contributed by atoms with Crippen LogP contribution >= 0.6 is 11.6 Å². The highest BCUT2D eigenvalue weighted by Crippen LogP contribution is 2.36. The van der Waals surface area contributed by atoms with Crippen LogP contribution < -0.4 is 10.2 Å². The van der Waals surface area contributed by atoms with Gasteiger partial charge in [0, 0.05) is 48.9 Å². The van der Waals surface area contributed by atoms with E-state index in [2.05, 4.69) is 42.2 Å². The first-order chi connectivity index (χ1) is 21.2. The molecule has 3 atom stereocenters. The maximum Gasteiger partial charge on any atom is 0.276 e. The molecule has 4 aromatic rings. The Morgan fingerprint density at radius 1 is 1.18 bits per heavy atom. The number of rotatable bonds is 9. The van der Waals surface area contributed by atoms with E-state index in [0.29, 0.717) is 18.1 Å². The molecule has 6 rings (SSSR count). The van der Waals surface area contributed by atoms with Crippen LogP contribution in [0.25, 0.3) is 11.3 Å². The second-order valence-corrected chi connectivity index (χ2v) is 10.5. The van der Waals surface area contributed by atoms with Gasteiger partial charge in [-0.05, 0) is 13.0 Å². The zero-order valence-corrected chi connectivity index (χ0v) is 23.9. The second-order valence-electron chi connectivity index (χ2n) is 10.1. The van der Waals surface area contributed by atoms with Crippen molar-refractivity contribution in [3.05, 3.63) is 76.5 Å². The van der Waals surface area contributed by atoms with E-state index in [4.69, 9.17) is 16.3 Å². The molecule has 0 spiro atoms. The van der Waals surface area contributed by atoms with Crippen molar-refractivity contribution in [1.29, 1.82) is 0 Å². The van der Waals surface area contributed by atoms with Crippen molar-refractivity contribution in [2.24, 2.45) is 11.8 Å². The lowest BCUT2D eigenvalue weighted by Gasteiger charge is -2.15. The first-order valence-corrected chi connectivity index (χ1v) is 13.6. The van der Waals surface area contributed by atoms with Gasteiger partial charge in [0.15, 0.2) is 11.5 Å². The summed E-state index contributed by atoms with van der Waals surface area (Å²) in [5, 5.41) is 6.58. The summed E-state index contributed by atoms with van der Waals surface area (Å²) in [5.74, 6) is 3.93. The summed E-state index contributed by atoms with van der Waals surface area (Å²) in [6, 6.07) is 1.66. The first-order valence-electron chi connectivity index (χ1n) is 13.3. The molecule has 1 aliphatic heterocycles. The van der Waals surface area contributed by atoms with Crippen molar-refractivity contribution in [3.63, 3.8) is 0 Å². The molecule has 4 heterocycles. The van der Waals surface area contributed by atoms with Crippen LogP contribution in [-0.4, -0.2) is 55.2 Å². The molecule has 3 aromatic heterocycles. The number of ether oxygens (including phenoxy) is 1. The van der Waals surface area contributed by atoms with Crippen LogP contribution in [0.3, 0.4) is 0 Å². The molecule has 0 bridgehead atoms. The third-order valence-corrected chi connectivity index (χ3v) is 7.63. The van der Waals surface area contributed by atoms with Gasteiger partial charge in [-0.15, -0.1) is 0 Å². The summed E-state index contributed by atoms with van der Waals surface area (Å²) in [7, 11) is 1.38. The monoisotopic (exact) mass is 622 g/mol. The van der Waals surface area contributed by atoms with E-state index in [1.807, 2.05) is 6.92 Å². The number of halogens is 4. The smallest absolute Gasteiger partial charge is 0.276 e. The molecule has 224 valence electrons. The molecule has 44 heavy (non-hydrogen) atoms. The number of hydrogen-bond donors (Lipinski definition) is 1. The molecule has 15 heteroatoms. The maximum absolute atomic E-state index is 14.9. The highest BCUT2D eigenvalue weighted by atomic mass is 35.5. The summed E-state index contributed by atoms with van der Waals surface area (Å²) >= 11 is 5.85. The fourth-order valence-electron chi connectivity index (χ4n) is 4.91. The van der Waals surface area contributed by atoms with Crippen LogP contribution in [0.4, 0.5) is 24.8 Å². The number of carbonyl (C=O) groups is 2. The lowest BCUT2D eigenvalue weighted by Crippen LogP contribution is -2.28. The number of nitrogens with zero attached hydrogens (tertiary/aromatic N) is 7. The van der Waals surface area contributed by atoms with Crippen molar-refractivity contribution in [2.45, 2.75) is 26.0 Å². The average molecular weight is 623 g/mol. The molecule has 0 unspecified atom stereocenters. The molecule has 1 aromatic carbocycles. The maximum atomic E-state index is 14.9. The number of fused-ring (bicyclic) bond motifs is 1. The summed E-state index contributed by atoms with van der Waals surface area (Å²) < 4.78 is 49.0. The molecule has 11 nitrogen and oxygen atoms in total. The van der Waals surface area contributed by atoms with Gasteiger partial charge < -0.3 is 10.1 Å². The Morgan fingerprint density at radius 2 is 1.95 bits per heavy atom. The van der Waals surface area contributed by atoms with Crippen LogP contribution in [0.1, 0.15) is 46.7 Å². The highest BCUT2D eigenvalue weighted by Gasteiger charge is 2.44. The standard InChI is InChI=1S/C29H22ClF3N8O3/c1-14(16-7-35-29(36-8-16)40-11-15-3-4-18(15)28(40)43)41-12-17(9-37-41)38-27(42)25-22(13-44-2)34-10-21(39-25)23-19(26(32)33)5-6-20(30)24(23)31/h5-10,12,14-15,18,26H,11,13H2,1-2H3,(H,38,42)/t14-,15+,18+/m0/s1. The number of hydrogen-bond acceptors (Lipinski definition) is 8. The average Bonchev–Trinajstić information content (AvgIpc) is 3.55. The predicted molar refractivity (Wildman–Crippen MR) is 151 cm³/mol. The highest BCUT2D eigenvalue weighted by molar-refractivity contribution is 6.31. The van der Waals surface area contributed by atoms with E-state index in [1.54, 1.807) is 23.3 Å². The fourth-order valence-corrected chi connectivity index (χ4v) is 5.07. The lowest BCUT2D eigenvalue weighted by molar-refractivity contribution is -0.119. The first kappa shape index (κ1) is 29.2.